The SMILES string of the molecule is CC(=O)OCC1O[C@H](Sc2cnc(C(F)(F)F)c(Br)c2)C(OC(C)=O)C(n2cc(-c3nc(N)sc3C)nn2)[C@H]1OC(C)=O. The molecule has 1 fully saturated rings. The molecule has 0 radical (unpaired) electrons. The van der Waals surface area contributed by atoms with E-state index in [1.54, 1.807) is 6.92 Å². The Morgan fingerprint density at radius 3 is 2.40 bits per heavy atom. The molecule has 232 valence electrons. The van der Waals surface area contributed by atoms with Gasteiger partial charge in [-0.1, -0.05) is 17.0 Å². The van der Waals surface area contributed by atoms with Gasteiger partial charge in [-0.05, 0) is 28.9 Å². The van der Waals surface area contributed by atoms with Crippen molar-refractivity contribution in [2.24, 2.45) is 0 Å². The fourth-order valence-corrected chi connectivity index (χ4v) is 6.83. The number of carbonyl (C=O) groups is 3. The van der Waals surface area contributed by atoms with Gasteiger partial charge in [-0.2, -0.15) is 13.2 Å². The van der Waals surface area contributed by atoms with Crippen LogP contribution >= 0.6 is 39.0 Å². The van der Waals surface area contributed by atoms with E-state index in [0.717, 1.165) is 36.7 Å². The fraction of sp³-hybridized carbons (Fsp3) is 0.458. The molecule has 43 heavy (non-hydrogen) atoms. The van der Waals surface area contributed by atoms with Crippen molar-refractivity contribution < 1.29 is 46.5 Å². The highest BCUT2D eigenvalue weighted by Crippen LogP contribution is 2.43. The van der Waals surface area contributed by atoms with Crippen LogP contribution in [0.5, 0.6) is 0 Å². The molecule has 1 aliphatic heterocycles. The summed E-state index contributed by atoms with van der Waals surface area (Å²) in [6.45, 7) is 4.88. The normalized spacial score (nSPS) is 22.2. The van der Waals surface area contributed by atoms with Crippen molar-refractivity contribution in [1.29, 1.82) is 0 Å². The van der Waals surface area contributed by atoms with Crippen molar-refractivity contribution in [1.82, 2.24) is 25.0 Å². The second kappa shape index (κ2) is 13.1. The molecule has 13 nitrogen and oxygen atoms in total. The average molecular weight is 710 g/mol. The van der Waals surface area contributed by atoms with E-state index in [0.29, 0.717) is 16.5 Å². The Hall–Kier alpha value is -3.29. The molecule has 4 rings (SSSR count). The summed E-state index contributed by atoms with van der Waals surface area (Å²) in [5.74, 6) is -2.11. The third-order valence-electron chi connectivity index (χ3n) is 5.88. The predicted molar refractivity (Wildman–Crippen MR) is 149 cm³/mol. The topological polar surface area (TPSA) is 171 Å². The summed E-state index contributed by atoms with van der Waals surface area (Å²) in [7, 11) is 0. The monoisotopic (exact) mass is 708 g/mol. The lowest BCUT2D eigenvalue weighted by atomic mass is 9.96. The molecule has 1 aliphatic rings. The Balaban J connectivity index is 1.80. The summed E-state index contributed by atoms with van der Waals surface area (Å²) in [6, 6.07) is 0.0781. The first kappa shape index (κ1) is 32.6. The van der Waals surface area contributed by atoms with Gasteiger partial charge in [0.15, 0.2) is 23.0 Å². The molecule has 0 saturated carbocycles. The molecule has 3 aromatic heterocycles. The van der Waals surface area contributed by atoms with Crippen molar-refractivity contribution in [2.45, 2.75) is 68.6 Å². The molecule has 5 atom stereocenters. The number of anilines is 1. The van der Waals surface area contributed by atoms with E-state index < -0.39 is 59.6 Å². The Kier molecular flexibility index (Phi) is 9.97. The number of esters is 3. The van der Waals surface area contributed by atoms with Crippen LogP contribution in [0.1, 0.15) is 37.4 Å². The van der Waals surface area contributed by atoms with Gasteiger partial charge in [0.1, 0.15) is 35.6 Å². The van der Waals surface area contributed by atoms with E-state index >= 15 is 0 Å². The number of nitrogens with zero attached hydrogens (tertiary/aromatic N) is 5. The van der Waals surface area contributed by atoms with Crippen LogP contribution in [0.15, 0.2) is 27.8 Å². The standard InChI is InChI=1S/C24H24BrF3N6O7S2/c1-9-17(31-23(29)42-9)15-7-34(33-32-15)18-19(39-11(3)36)16(8-38-10(2)35)41-22(20(18)40-12(4)37)43-13-5-14(25)21(30-6-13)24(26,27)28/h5-7,16,18-20,22H,8H2,1-4H3,(H2,29,31)/t16?,18?,19-,20?,22+/m0/s1. The molecular formula is C24H24BrF3N6O7S2. The van der Waals surface area contributed by atoms with Crippen molar-refractivity contribution in [2.75, 3.05) is 12.3 Å². The molecular weight excluding hydrogens is 685 g/mol. The highest BCUT2D eigenvalue weighted by atomic mass is 79.9. The predicted octanol–water partition coefficient (Wildman–Crippen LogP) is 3.95. The molecule has 0 aromatic carbocycles. The molecule has 3 aromatic rings. The molecule has 0 bridgehead atoms. The zero-order valence-corrected chi connectivity index (χ0v) is 26.0. The number of nitrogen functional groups attached to an aromatic ring is 1. The van der Waals surface area contributed by atoms with Gasteiger partial charge >= 0.3 is 24.1 Å². The van der Waals surface area contributed by atoms with Gasteiger partial charge in [0.25, 0.3) is 0 Å². The molecule has 2 N–H and O–H groups in total. The Bertz CT molecular complexity index is 1520. The summed E-state index contributed by atoms with van der Waals surface area (Å²) in [5, 5.41) is 8.68. The number of carbonyl (C=O) groups excluding carboxylic acids is 3. The zero-order chi connectivity index (χ0) is 31.6. The molecule has 0 amide bonds. The summed E-state index contributed by atoms with van der Waals surface area (Å²) in [4.78, 5) is 45.0. The van der Waals surface area contributed by atoms with Crippen LogP contribution in [0.2, 0.25) is 0 Å². The fourth-order valence-electron chi connectivity index (χ4n) is 4.29. The first-order valence-electron chi connectivity index (χ1n) is 12.3. The largest absolute Gasteiger partial charge is 0.463 e. The van der Waals surface area contributed by atoms with Gasteiger partial charge < -0.3 is 24.7 Å². The van der Waals surface area contributed by atoms with Crippen LogP contribution in [0.3, 0.4) is 0 Å². The maximum Gasteiger partial charge on any atom is 0.434 e. The Labute approximate surface area is 258 Å². The van der Waals surface area contributed by atoms with Gasteiger partial charge in [0.2, 0.25) is 0 Å². The van der Waals surface area contributed by atoms with E-state index in [1.807, 2.05) is 0 Å². The number of rotatable bonds is 8. The van der Waals surface area contributed by atoms with Crippen molar-refractivity contribution in [3.05, 3.63) is 33.5 Å². The van der Waals surface area contributed by atoms with Crippen molar-refractivity contribution >= 4 is 62.1 Å². The third kappa shape index (κ3) is 7.81. The molecule has 3 unspecified atom stereocenters. The van der Waals surface area contributed by atoms with Gasteiger partial charge in [-0.25, -0.2) is 14.6 Å². The van der Waals surface area contributed by atoms with Crippen molar-refractivity contribution in [3.8, 4) is 11.4 Å². The third-order valence-corrected chi connectivity index (χ3v) is 8.39. The highest BCUT2D eigenvalue weighted by molar-refractivity contribution is 9.10. The van der Waals surface area contributed by atoms with Gasteiger partial charge in [0.05, 0.1) is 6.20 Å². The lowest BCUT2D eigenvalue weighted by molar-refractivity contribution is -0.212. The number of halogens is 4. The van der Waals surface area contributed by atoms with Gasteiger partial charge in [-0.15, -0.1) is 16.4 Å². The zero-order valence-electron chi connectivity index (χ0n) is 22.8. The first-order valence-corrected chi connectivity index (χ1v) is 14.8. The number of nitrogens with two attached hydrogens (primary N) is 1. The maximum atomic E-state index is 13.3. The number of aromatic nitrogens is 5. The second-order valence-electron chi connectivity index (χ2n) is 9.14. The van der Waals surface area contributed by atoms with E-state index in [4.69, 9.17) is 24.7 Å². The lowest BCUT2D eigenvalue weighted by Gasteiger charge is -2.44. The number of alkyl halides is 3. The van der Waals surface area contributed by atoms with E-state index in [9.17, 15) is 27.6 Å². The minimum atomic E-state index is -4.70. The van der Waals surface area contributed by atoms with Gasteiger partial charge in [-0.3, -0.25) is 14.4 Å². The Morgan fingerprint density at radius 1 is 1.16 bits per heavy atom. The summed E-state index contributed by atoms with van der Waals surface area (Å²) >= 11 is 5.03. The summed E-state index contributed by atoms with van der Waals surface area (Å²) in [5.41, 5.74) is 4.33. The molecule has 4 heterocycles. The van der Waals surface area contributed by atoms with Crippen LogP contribution in [0.4, 0.5) is 18.3 Å². The number of pyridine rings is 1. The number of thiazole rings is 1. The summed E-state index contributed by atoms with van der Waals surface area (Å²) < 4.78 is 63.4. The summed E-state index contributed by atoms with van der Waals surface area (Å²) in [6.07, 6.45) is -5.83. The van der Waals surface area contributed by atoms with Crippen LogP contribution in [-0.2, 0) is 39.5 Å². The van der Waals surface area contributed by atoms with Crippen LogP contribution in [0, 0.1) is 6.92 Å². The minimum Gasteiger partial charge on any atom is -0.463 e. The van der Waals surface area contributed by atoms with Gasteiger partial charge in [0, 0.05) is 41.2 Å². The molecule has 0 aliphatic carbocycles. The quantitative estimate of drug-likeness (QED) is 0.264. The second-order valence-corrected chi connectivity index (χ2v) is 12.4. The molecule has 0 spiro atoms. The molecule has 1 saturated heterocycles. The van der Waals surface area contributed by atoms with Crippen LogP contribution in [-0.4, -0.2) is 73.2 Å². The van der Waals surface area contributed by atoms with Crippen molar-refractivity contribution in [3.63, 3.8) is 0 Å². The average Bonchev–Trinajstić information content (AvgIpc) is 3.49. The van der Waals surface area contributed by atoms with E-state index in [-0.39, 0.29) is 16.0 Å². The lowest BCUT2D eigenvalue weighted by Crippen LogP contribution is -2.57. The van der Waals surface area contributed by atoms with E-state index in [2.05, 4.69) is 36.2 Å². The Morgan fingerprint density at radius 2 is 1.84 bits per heavy atom. The first-order chi connectivity index (χ1) is 20.1. The number of hydrogen-bond acceptors (Lipinski definition) is 14. The van der Waals surface area contributed by atoms with Crippen LogP contribution < -0.4 is 5.73 Å². The smallest absolute Gasteiger partial charge is 0.434 e. The number of hydrogen-bond donors (Lipinski definition) is 1. The number of thioether (sulfide) groups is 1. The highest BCUT2D eigenvalue weighted by Gasteiger charge is 2.52. The molecule has 19 heteroatoms. The van der Waals surface area contributed by atoms with E-state index in [1.165, 1.54) is 35.2 Å². The number of ether oxygens (including phenoxy) is 4. The van der Waals surface area contributed by atoms with Crippen LogP contribution in [0.25, 0.3) is 11.4 Å². The maximum absolute atomic E-state index is 13.3. The number of aryl methyl sites for hydroxylation is 1. The minimum absolute atomic E-state index is 0.214.